The molecule has 6 amide bonds. The number of carbonyl (C=O) groups is 6. The van der Waals surface area contributed by atoms with E-state index < -0.39 is 21.5 Å². The van der Waals surface area contributed by atoms with E-state index in [-0.39, 0.29) is 79.2 Å². The summed E-state index contributed by atoms with van der Waals surface area (Å²) in [6, 6.07) is 71.5. The zero-order valence-electron chi connectivity index (χ0n) is 80.2. The number of ether oxygens (including phenoxy) is 6. The Morgan fingerprint density at radius 3 is 0.886 bits per heavy atom. The van der Waals surface area contributed by atoms with Crippen molar-refractivity contribution < 1.29 is 78.8 Å². The Balaban J connectivity index is 0.000000107. The number of rotatable bonds is 8. The molecule has 10 aromatic rings. The van der Waals surface area contributed by atoms with E-state index in [9.17, 15) is 50.4 Å². The number of nitrogen functional groups attached to an aromatic ring is 1. The number of benzene rings is 10. The number of amides is 6. The minimum atomic E-state index is -3.26. The Kier molecular flexibility index (Phi) is 28.4. The molecule has 6 spiro atoms. The van der Waals surface area contributed by atoms with E-state index in [0.29, 0.717) is 125 Å². The number of halogens is 3. The van der Waals surface area contributed by atoms with Crippen molar-refractivity contribution >= 4 is 56.7 Å². The van der Waals surface area contributed by atoms with Crippen LogP contribution in [-0.4, -0.2) is 172 Å². The normalized spacial score (nSPS) is 20.3. The van der Waals surface area contributed by atoms with E-state index in [1.54, 1.807) is 82.2 Å². The van der Waals surface area contributed by atoms with Crippen LogP contribution in [0.5, 0.6) is 0 Å². The Hall–Kier alpha value is -11.9. The fourth-order valence-corrected chi connectivity index (χ4v) is 23.9. The zero-order valence-corrected chi connectivity index (χ0v) is 81.0. The standard InChI is InChI=1S/C21H23FN2O2.C20H21NO4S.C19H19FN2O2.C19H18FNO2.C19H25NO2.C16H19NO2/c1-23(2)19-8-7-15(13-18(19)22)20(25)24-11-9-21(10-12-24)17-6-4-3-5-16(17)14-26-21;1-26(23,24)17-8-6-15(7-9-17)19(22)21-12-10-20(11-13-21)18-5-3-2-4-16(18)14-25-20;20-16-11-13(5-6-17(16)21)18(23)22-9-7-19(8-10-22)15-4-2-1-3-14(15)12-24-19;20-17-8-4-2-6-15(17)18(22)21-11-9-19(10-12-21)16-7-3-1-5-14(16)13-23-19;21-18(15-6-2-1-3-7-15)20-12-10-19(11-13-20)17-9-5-4-8-16(17)14-22-19;18-15(12-5-6-12)17-9-7-16(8-10-17)14-4-2-1-3-13(14)11-19-16/h3-8,13H,9-12,14H2,1-2H3;2-9H,10-14H2,1H3;1-6,11H,7-10,12,21H2;1-8H,9-13H2;4-5,8-9,15H,1-3,6-7,10-14H2;1-4,12H,5-11H2. The largest absolute Gasteiger partial charge is 0.396 e. The summed E-state index contributed by atoms with van der Waals surface area (Å²) >= 11 is 0. The third kappa shape index (κ3) is 20.0. The lowest BCUT2D eigenvalue weighted by Crippen LogP contribution is -2.47. The Bertz CT molecular complexity index is 6360. The quantitative estimate of drug-likeness (QED) is 0.139. The highest BCUT2D eigenvalue weighted by atomic mass is 32.2. The molecule has 0 bridgehead atoms. The average molecular weight is 1920 g/mol. The second-order valence-electron chi connectivity index (χ2n) is 40.1. The molecule has 0 radical (unpaired) electrons. The van der Waals surface area contributed by atoms with E-state index in [0.717, 1.165) is 148 Å². The number of nitrogens with two attached hydrogens (primary N) is 1. The Labute approximate surface area is 818 Å². The zero-order chi connectivity index (χ0) is 97.1. The second-order valence-corrected chi connectivity index (χ2v) is 42.2. The molecule has 22 nitrogen and oxygen atoms in total. The molecule has 26 heteroatoms. The molecule has 6 saturated heterocycles. The molecule has 8 fully saturated rings. The Morgan fingerprint density at radius 1 is 0.314 bits per heavy atom. The van der Waals surface area contributed by atoms with Crippen LogP contribution in [0, 0.1) is 29.3 Å². The summed E-state index contributed by atoms with van der Waals surface area (Å²) in [5.41, 5.74) is 21.4. The number of hydrogen-bond acceptors (Lipinski definition) is 16. The average Bonchev–Trinajstić information content (AvgIpc) is 1.62. The van der Waals surface area contributed by atoms with Crippen LogP contribution in [0.1, 0.15) is 230 Å². The van der Waals surface area contributed by atoms with Crippen LogP contribution in [0.2, 0.25) is 0 Å². The van der Waals surface area contributed by atoms with Crippen LogP contribution in [0.15, 0.2) is 235 Å². The number of carbonyl (C=O) groups excluding carboxylic acids is 6. The van der Waals surface area contributed by atoms with Gasteiger partial charge in [0.25, 0.3) is 23.6 Å². The highest BCUT2D eigenvalue weighted by Crippen LogP contribution is 2.52. The molecule has 12 aliphatic heterocycles. The SMILES string of the molecule is CN(C)c1ccc(C(=O)N2CCC3(CC2)OCc2ccccc23)cc1F.CS(=O)(=O)c1ccc(C(=O)N2CCC3(CC2)OCc2ccccc23)cc1.Nc1ccc(C(=O)N2CCC3(CC2)OCc2ccccc23)cc1F.O=C(C1CC1)N1CCC2(CC1)OCc1ccccc12.O=C(C1CCCCC1)N1CCC2(CC1)OCc1ccccc12.O=C(c1ccccc1F)N1CCC2(CC1)OCc1ccccc12. The maximum absolute atomic E-state index is 14.2. The van der Waals surface area contributed by atoms with Crippen LogP contribution >= 0.6 is 0 Å². The minimum absolute atomic E-state index is 0.0557. The van der Waals surface area contributed by atoms with Gasteiger partial charge < -0.3 is 68.5 Å². The molecule has 12 heterocycles. The van der Waals surface area contributed by atoms with Crippen molar-refractivity contribution in [2.45, 2.75) is 200 Å². The monoisotopic (exact) mass is 1920 g/mol. The van der Waals surface area contributed by atoms with Gasteiger partial charge in [0.1, 0.15) is 17.5 Å². The van der Waals surface area contributed by atoms with Gasteiger partial charge >= 0.3 is 0 Å². The van der Waals surface area contributed by atoms with Crippen LogP contribution in [-0.2, 0) is 121 Å². The molecule has 0 unspecified atom stereocenters. The molecular formula is C114H125F3N8O14S. The third-order valence-electron chi connectivity index (χ3n) is 31.7. The number of piperidine rings is 6. The number of nitrogens with zero attached hydrogens (tertiary/aromatic N) is 7. The molecule has 2 N–H and O–H groups in total. The lowest BCUT2D eigenvalue weighted by molar-refractivity contribution is -0.143. The van der Waals surface area contributed by atoms with E-state index in [1.165, 1.54) is 122 Å². The summed E-state index contributed by atoms with van der Waals surface area (Å²) in [5.74, 6) is -0.543. The number of sulfone groups is 1. The highest BCUT2D eigenvalue weighted by Gasteiger charge is 2.51. The molecule has 732 valence electrons. The maximum atomic E-state index is 14.2. The lowest BCUT2D eigenvalue weighted by atomic mass is 9.82. The first-order chi connectivity index (χ1) is 67.7. The number of likely N-dealkylation sites (tertiary alicyclic amines) is 6. The van der Waals surface area contributed by atoms with Crippen molar-refractivity contribution in [3.63, 3.8) is 0 Å². The molecule has 2 aliphatic carbocycles. The molecule has 24 rings (SSSR count). The van der Waals surface area contributed by atoms with Crippen molar-refractivity contribution in [3.8, 4) is 0 Å². The summed E-state index contributed by atoms with van der Waals surface area (Å²) < 4.78 is 102. The van der Waals surface area contributed by atoms with E-state index in [4.69, 9.17) is 34.2 Å². The van der Waals surface area contributed by atoms with E-state index in [1.807, 2.05) is 58.3 Å². The predicted molar refractivity (Wildman–Crippen MR) is 526 cm³/mol. The summed E-state index contributed by atoms with van der Waals surface area (Å²) in [7, 11) is 0.307. The van der Waals surface area contributed by atoms with Crippen molar-refractivity contribution in [1.29, 1.82) is 0 Å². The summed E-state index contributed by atoms with van der Waals surface area (Å²) in [5, 5.41) is 0. The van der Waals surface area contributed by atoms with Crippen LogP contribution in [0.25, 0.3) is 0 Å². The number of hydrogen-bond donors (Lipinski definition) is 1. The minimum Gasteiger partial charge on any atom is -0.396 e. The molecule has 140 heavy (non-hydrogen) atoms. The van der Waals surface area contributed by atoms with Gasteiger partial charge in [0.15, 0.2) is 9.84 Å². The van der Waals surface area contributed by atoms with E-state index >= 15 is 0 Å². The first-order valence-corrected chi connectivity index (χ1v) is 51.8. The van der Waals surface area contributed by atoms with Crippen molar-refractivity contribution in [3.05, 3.63) is 337 Å². The highest BCUT2D eigenvalue weighted by molar-refractivity contribution is 7.90. The van der Waals surface area contributed by atoms with Crippen LogP contribution in [0.4, 0.5) is 24.5 Å². The topological polar surface area (TPSA) is 241 Å². The van der Waals surface area contributed by atoms with Gasteiger partial charge in [-0.2, -0.15) is 0 Å². The van der Waals surface area contributed by atoms with Gasteiger partial charge in [0.05, 0.1) is 95.1 Å². The smallest absolute Gasteiger partial charge is 0.256 e. The number of anilines is 2. The molecular weight excluding hydrogens is 1790 g/mol. The van der Waals surface area contributed by atoms with Gasteiger partial charge in [0.2, 0.25) is 11.8 Å². The van der Waals surface area contributed by atoms with Crippen LogP contribution in [0.3, 0.4) is 0 Å². The van der Waals surface area contributed by atoms with Gasteiger partial charge in [-0.1, -0.05) is 177 Å². The van der Waals surface area contributed by atoms with Gasteiger partial charge in [-0.05, 0) is 242 Å². The summed E-state index contributed by atoms with van der Waals surface area (Å²) in [6.07, 6.45) is 19.2. The summed E-state index contributed by atoms with van der Waals surface area (Å²) in [4.78, 5) is 88.6. The Morgan fingerprint density at radius 2 is 0.586 bits per heavy atom. The van der Waals surface area contributed by atoms with Gasteiger partial charge in [0, 0.05) is 127 Å². The maximum Gasteiger partial charge on any atom is 0.256 e. The fraction of sp³-hybridized carbons (Fsp3) is 0.421. The first kappa shape index (κ1) is 97.0. The van der Waals surface area contributed by atoms with Crippen molar-refractivity contribution in [2.24, 2.45) is 11.8 Å². The second kappa shape index (κ2) is 41.0. The van der Waals surface area contributed by atoms with Crippen molar-refractivity contribution in [1.82, 2.24) is 29.4 Å². The molecule has 0 aromatic heterocycles. The molecule has 10 aromatic carbocycles. The van der Waals surface area contributed by atoms with Gasteiger partial charge in [-0.15, -0.1) is 0 Å². The van der Waals surface area contributed by atoms with Crippen molar-refractivity contribution in [2.75, 3.05) is 110 Å². The first-order valence-electron chi connectivity index (χ1n) is 49.9. The molecule has 14 aliphatic rings. The third-order valence-corrected chi connectivity index (χ3v) is 32.8. The predicted octanol–water partition coefficient (Wildman–Crippen LogP) is 18.9. The fourth-order valence-electron chi connectivity index (χ4n) is 23.3. The number of fused-ring (bicyclic) bond motifs is 12. The van der Waals surface area contributed by atoms with Crippen LogP contribution < -0.4 is 10.6 Å². The van der Waals surface area contributed by atoms with Gasteiger partial charge in [-0.25, -0.2) is 21.6 Å². The summed E-state index contributed by atoms with van der Waals surface area (Å²) in [6.45, 7) is 12.3. The van der Waals surface area contributed by atoms with Gasteiger partial charge in [-0.3, -0.25) is 28.8 Å². The van der Waals surface area contributed by atoms with E-state index in [2.05, 4.69) is 102 Å². The molecule has 2 saturated carbocycles. The molecule has 0 atom stereocenters. The lowest BCUT2D eigenvalue weighted by Gasteiger charge is -2.40.